The molecule has 1 aliphatic rings. The van der Waals surface area contributed by atoms with E-state index >= 15 is 0 Å². The summed E-state index contributed by atoms with van der Waals surface area (Å²) in [7, 11) is -2.31. The van der Waals surface area contributed by atoms with Gasteiger partial charge in [0.15, 0.2) is 0 Å². The van der Waals surface area contributed by atoms with Gasteiger partial charge in [0.25, 0.3) is 0 Å². The Balaban J connectivity index is 2.23. The van der Waals surface area contributed by atoms with E-state index in [-0.39, 0.29) is 17.4 Å². The van der Waals surface area contributed by atoms with E-state index in [0.29, 0.717) is 24.4 Å². The Morgan fingerprint density at radius 2 is 2.20 bits per heavy atom. The highest BCUT2D eigenvalue weighted by Gasteiger charge is 2.33. The fourth-order valence-electron chi connectivity index (χ4n) is 2.30. The first-order valence-electron chi connectivity index (χ1n) is 6.28. The summed E-state index contributed by atoms with van der Waals surface area (Å²) in [4.78, 5) is 11.7. The van der Waals surface area contributed by atoms with Crippen molar-refractivity contribution >= 4 is 27.6 Å². The molecule has 0 saturated carbocycles. The molecule has 1 atom stereocenters. The number of carbonyl (C=O) groups excluding carboxylic acids is 1. The topological polar surface area (TPSA) is 63.7 Å². The fraction of sp³-hybridized carbons (Fsp3) is 0.462. The summed E-state index contributed by atoms with van der Waals surface area (Å²) in [5, 5.41) is 0.368. The van der Waals surface area contributed by atoms with Gasteiger partial charge in [0, 0.05) is 18.1 Å². The molecule has 1 fully saturated rings. The van der Waals surface area contributed by atoms with Crippen LogP contribution in [0.1, 0.15) is 12.8 Å². The normalized spacial score (nSPS) is 20.6. The highest BCUT2D eigenvalue weighted by molar-refractivity contribution is 7.89. The van der Waals surface area contributed by atoms with Crippen LogP contribution in [0.15, 0.2) is 29.2 Å². The number of nitrogens with zero attached hydrogens (tertiary/aromatic N) is 1. The number of hydrogen-bond donors (Lipinski definition) is 0. The van der Waals surface area contributed by atoms with Crippen LogP contribution in [0, 0.1) is 5.92 Å². The average molecular weight is 318 g/mol. The maximum absolute atomic E-state index is 12.5. The third-order valence-corrected chi connectivity index (χ3v) is 5.45. The summed E-state index contributed by atoms with van der Waals surface area (Å²) >= 11 is 5.83. The summed E-state index contributed by atoms with van der Waals surface area (Å²) in [5.41, 5.74) is 0. The van der Waals surface area contributed by atoms with Gasteiger partial charge < -0.3 is 4.74 Å². The Hall–Kier alpha value is -1.11. The van der Waals surface area contributed by atoms with Gasteiger partial charge in [-0.2, -0.15) is 4.31 Å². The van der Waals surface area contributed by atoms with Crippen LogP contribution in [-0.2, 0) is 19.6 Å². The number of esters is 1. The summed E-state index contributed by atoms with van der Waals surface area (Å²) in [6.07, 6.45) is 1.29. The molecule has 7 heteroatoms. The molecule has 0 amide bonds. The molecule has 0 aliphatic carbocycles. The Morgan fingerprint density at radius 3 is 2.85 bits per heavy atom. The van der Waals surface area contributed by atoms with Crippen molar-refractivity contribution in [3.05, 3.63) is 29.3 Å². The van der Waals surface area contributed by atoms with E-state index in [1.54, 1.807) is 12.1 Å². The Kier molecular flexibility index (Phi) is 4.67. The highest BCUT2D eigenvalue weighted by atomic mass is 35.5. The number of ether oxygens (including phenoxy) is 1. The number of piperidine rings is 1. The molecule has 1 aliphatic heterocycles. The molecular weight excluding hydrogens is 302 g/mol. The monoisotopic (exact) mass is 317 g/mol. The minimum atomic E-state index is -3.62. The maximum Gasteiger partial charge on any atom is 0.309 e. The zero-order chi connectivity index (χ0) is 14.8. The Morgan fingerprint density at radius 1 is 1.45 bits per heavy atom. The van der Waals surface area contributed by atoms with Crippen molar-refractivity contribution in [2.24, 2.45) is 5.92 Å². The quantitative estimate of drug-likeness (QED) is 0.799. The van der Waals surface area contributed by atoms with E-state index in [2.05, 4.69) is 0 Å². The minimum Gasteiger partial charge on any atom is -0.469 e. The van der Waals surface area contributed by atoms with E-state index in [4.69, 9.17) is 16.3 Å². The van der Waals surface area contributed by atoms with Crippen molar-refractivity contribution in [3.63, 3.8) is 0 Å². The molecule has 0 radical (unpaired) electrons. The Bertz CT molecular complexity index is 602. The number of hydrogen-bond acceptors (Lipinski definition) is 4. The van der Waals surface area contributed by atoms with Gasteiger partial charge in [-0.05, 0) is 31.0 Å². The molecule has 1 unspecified atom stereocenters. The summed E-state index contributed by atoms with van der Waals surface area (Å²) in [5.74, 6) is -0.765. The van der Waals surface area contributed by atoms with Crippen molar-refractivity contribution in [2.75, 3.05) is 20.2 Å². The number of carbonyl (C=O) groups is 1. The standard InChI is InChI=1S/C13H16ClNO4S/c1-19-13(16)10-4-3-7-15(9-10)20(17,18)12-6-2-5-11(14)8-12/h2,5-6,8,10H,3-4,7,9H2,1H3. The number of halogens is 1. The molecule has 0 spiro atoms. The first-order valence-corrected chi connectivity index (χ1v) is 8.10. The molecule has 20 heavy (non-hydrogen) atoms. The summed E-state index contributed by atoms with van der Waals surface area (Å²) in [6.45, 7) is 0.559. The van der Waals surface area contributed by atoms with Crippen LogP contribution in [0.4, 0.5) is 0 Å². The largest absolute Gasteiger partial charge is 0.469 e. The predicted octanol–water partition coefficient (Wildman–Crippen LogP) is 1.91. The first kappa shape index (κ1) is 15.3. The number of methoxy groups -OCH3 is 1. The van der Waals surface area contributed by atoms with Gasteiger partial charge in [-0.3, -0.25) is 4.79 Å². The lowest BCUT2D eigenvalue weighted by Gasteiger charge is -2.30. The van der Waals surface area contributed by atoms with Gasteiger partial charge in [-0.1, -0.05) is 17.7 Å². The second-order valence-electron chi connectivity index (χ2n) is 4.68. The summed E-state index contributed by atoms with van der Waals surface area (Å²) in [6, 6.07) is 6.13. The fourth-order valence-corrected chi connectivity index (χ4v) is 4.12. The first-order chi connectivity index (χ1) is 9.45. The molecule has 5 nitrogen and oxygen atoms in total. The molecule has 0 bridgehead atoms. The maximum atomic E-state index is 12.5. The lowest BCUT2D eigenvalue weighted by Crippen LogP contribution is -2.42. The van der Waals surface area contributed by atoms with Gasteiger partial charge in [0.1, 0.15) is 0 Å². The smallest absolute Gasteiger partial charge is 0.309 e. The lowest BCUT2D eigenvalue weighted by atomic mass is 10.0. The van der Waals surface area contributed by atoms with Crippen LogP contribution in [0.5, 0.6) is 0 Å². The van der Waals surface area contributed by atoms with E-state index in [0.717, 1.165) is 0 Å². The van der Waals surface area contributed by atoms with Gasteiger partial charge in [0.05, 0.1) is 17.9 Å². The SMILES string of the molecule is COC(=O)C1CCCN(S(=O)(=O)c2cccc(Cl)c2)C1. The third kappa shape index (κ3) is 3.13. The van der Waals surface area contributed by atoms with Crippen molar-refractivity contribution in [1.82, 2.24) is 4.31 Å². The molecule has 1 aromatic rings. The van der Waals surface area contributed by atoms with Crippen molar-refractivity contribution in [1.29, 1.82) is 0 Å². The van der Waals surface area contributed by atoms with Crippen molar-refractivity contribution in [2.45, 2.75) is 17.7 Å². The number of rotatable bonds is 3. The van der Waals surface area contributed by atoms with Crippen LogP contribution in [0.25, 0.3) is 0 Å². The van der Waals surface area contributed by atoms with Gasteiger partial charge in [0.2, 0.25) is 10.0 Å². The van der Waals surface area contributed by atoms with Crippen LogP contribution in [0.3, 0.4) is 0 Å². The number of sulfonamides is 1. The molecule has 0 N–H and O–H groups in total. The van der Waals surface area contributed by atoms with Crippen LogP contribution < -0.4 is 0 Å². The van der Waals surface area contributed by atoms with Crippen LogP contribution in [0.2, 0.25) is 5.02 Å². The Labute approximate surface area is 123 Å². The van der Waals surface area contributed by atoms with Gasteiger partial charge in [-0.15, -0.1) is 0 Å². The average Bonchev–Trinajstić information content (AvgIpc) is 2.46. The van der Waals surface area contributed by atoms with Gasteiger partial charge in [-0.25, -0.2) is 8.42 Å². The molecule has 110 valence electrons. The molecule has 1 saturated heterocycles. The third-order valence-electron chi connectivity index (χ3n) is 3.35. The van der Waals surface area contributed by atoms with Gasteiger partial charge >= 0.3 is 5.97 Å². The van der Waals surface area contributed by atoms with E-state index < -0.39 is 15.9 Å². The van der Waals surface area contributed by atoms with E-state index in [1.807, 2.05) is 0 Å². The minimum absolute atomic E-state index is 0.149. The van der Waals surface area contributed by atoms with E-state index in [9.17, 15) is 13.2 Å². The molecule has 2 rings (SSSR count). The second kappa shape index (κ2) is 6.11. The molecule has 0 aromatic heterocycles. The predicted molar refractivity (Wildman–Crippen MR) is 75.0 cm³/mol. The zero-order valence-corrected chi connectivity index (χ0v) is 12.7. The molecule has 1 heterocycles. The lowest BCUT2D eigenvalue weighted by molar-refractivity contribution is -0.146. The molecule has 1 aromatic carbocycles. The number of benzene rings is 1. The van der Waals surface area contributed by atoms with E-state index in [1.165, 1.54) is 23.5 Å². The zero-order valence-electron chi connectivity index (χ0n) is 11.1. The second-order valence-corrected chi connectivity index (χ2v) is 7.06. The summed E-state index contributed by atoms with van der Waals surface area (Å²) < 4.78 is 31.0. The molecular formula is C13H16ClNO4S. The highest BCUT2D eigenvalue weighted by Crippen LogP contribution is 2.25. The van der Waals surface area contributed by atoms with Crippen molar-refractivity contribution < 1.29 is 17.9 Å². The van der Waals surface area contributed by atoms with Crippen LogP contribution in [-0.4, -0.2) is 38.9 Å². The van der Waals surface area contributed by atoms with Crippen molar-refractivity contribution in [3.8, 4) is 0 Å². The van der Waals surface area contributed by atoms with Crippen LogP contribution >= 0.6 is 11.6 Å².